The van der Waals surface area contributed by atoms with E-state index in [1.54, 1.807) is 6.92 Å². The van der Waals surface area contributed by atoms with E-state index in [4.69, 9.17) is 16.3 Å². The van der Waals surface area contributed by atoms with E-state index in [2.05, 4.69) is 0 Å². The smallest absolute Gasteiger partial charge is 0.313 e. The van der Waals surface area contributed by atoms with Gasteiger partial charge in [0, 0.05) is 10.8 Å². The predicted octanol–water partition coefficient (Wildman–Crippen LogP) is 3.10. The summed E-state index contributed by atoms with van der Waals surface area (Å²) >= 11 is 7.44. The summed E-state index contributed by atoms with van der Waals surface area (Å²) in [7, 11) is 0. The van der Waals surface area contributed by atoms with Gasteiger partial charge in [0.15, 0.2) is 5.78 Å². The monoisotopic (exact) mass is 286 g/mol. The molecule has 0 radical (unpaired) electrons. The van der Waals surface area contributed by atoms with Gasteiger partial charge in [0.1, 0.15) is 6.42 Å². The SMILES string of the molecule is CCOC(=O)CC(=O)CSCc1ccccc1Cl. The lowest BCUT2D eigenvalue weighted by Gasteiger charge is -2.04. The van der Waals surface area contributed by atoms with Crippen LogP contribution in [0.2, 0.25) is 5.02 Å². The van der Waals surface area contributed by atoms with E-state index in [0.29, 0.717) is 23.1 Å². The normalized spacial score (nSPS) is 10.1. The molecule has 0 aliphatic heterocycles. The molecule has 1 aromatic carbocycles. The lowest BCUT2D eigenvalue weighted by Crippen LogP contribution is -2.12. The number of ketones is 1. The van der Waals surface area contributed by atoms with E-state index in [1.165, 1.54) is 11.8 Å². The van der Waals surface area contributed by atoms with Crippen LogP contribution in [0.25, 0.3) is 0 Å². The molecule has 0 amide bonds. The molecular weight excluding hydrogens is 272 g/mol. The maximum Gasteiger partial charge on any atom is 0.313 e. The predicted molar refractivity (Wildman–Crippen MR) is 73.9 cm³/mol. The molecule has 0 unspecified atom stereocenters. The van der Waals surface area contributed by atoms with Crippen LogP contribution in [-0.4, -0.2) is 24.1 Å². The molecular formula is C13H15ClO3S. The lowest BCUT2D eigenvalue weighted by molar-refractivity contribution is -0.145. The van der Waals surface area contributed by atoms with Crippen LogP contribution in [0.1, 0.15) is 18.9 Å². The maximum absolute atomic E-state index is 11.4. The second-order valence-corrected chi connectivity index (χ2v) is 5.00. The second kappa shape index (κ2) is 8.16. The van der Waals surface area contributed by atoms with Crippen LogP contribution in [0.15, 0.2) is 24.3 Å². The molecule has 18 heavy (non-hydrogen) atoms. The average Bonchev–Trinajstić information content (AvgIpc) is 2.31. The van der Waals surface area contributed by atoms with Gasteiger partial charge in [-0.05, 0) is 18.6 Å². The number of Topliss-reactive ketones (excluding diaryl/α,β-unsaturated/α-hetero) is 1. The molecule has 5 heteroatoms. The van der Waals surface area contributed by atoms with Crippen LogP contribution in [0.3, 0.4) is 0 Å². The minimum atomic E-state index is -0.458. The molecule has 0 saturated carbocycles. The topological polar surface area (TPSA) is 43.4 Å². The minimum absolute atomic E-state index is 0.120. The van der Waals surface area contributed by atoms with E-state index in [1.807, 2.05) is 24.3 Å². The molecule has 0 heterocycles. The van der Waals surface area contributed by atoms with Gasteiger partial charge in [-0.2, -0.15) is 0 Å². The third-order valence-corrected chi connectivity index (χ3v) is 3.54. The molecule has 1 rings (SSSR count). The van der Waals surface area contributed by atoms with Crippen LogP contribution >= 0.6 is 23.4 Å². The van der Waals surface area contributed by atoms with Crippen LogP contribution in [0.4, 0.5) is 0 Å². The summed E-state index contributed by atoms with van der Waals surface area (Å²) in [5.74, 6) is 0.379. The molecule has 3 nitrogen and oxygen atoms in total. The maximum atomic E-state index is 11.4. The van der Waals surface area contributed by atoms with Gasteiger partial charge in [0.25, 0.3) is 0 Å². The Labute approximate surface area is 116 Å². The molecule has 1 aromatic rings. The van der Waals surface area contributed by atoms with E-state index in [-0.39, 0.29) is 12.2 Å². The van der Waals surface area contributed by atoms with Crippen molar-refractivity contribution >= 4 is 35.1 Å². The summed E-state index contributed by atoms with van der Waals surface area (Å²) in [6, 6.07) is 7.51. The highest BCUT2D eigenvalue weighted by atomic mass is 35.5. The molecule has 0 aliphatic rings. The standard InChI is InChI=1S/C13H15ClO3S/c1-2-17-13(16)7-11(15)9-18-8-10-5-3-4-6-12(10)14/h3-6H,2,7-9H2,1H3. The molecule has 0 aromatic heterocycles. The first-order valence-corrected chi connectivity index (χ1v) is 7.15. The largest absolute Gasteiger partial charge is 0.466 e. The Morgan fingerprint density at radius 3 is 2.72 bits per heavy atom. The second-order valence-electron chi connectivity index (χ2n) is 3.60. The van der Waals surface area contributed by atoms with E-state index in [0.717, 1.165) is 5.56 Å². The summed E-state index contributed by atoms with van der Waals surface area (Å²) in [5.41, 5.74) is 0.994. The molecule has 0 spiro atoms. The zero-order valence-corrected chi connectivity index (χ0v) is 11.7. The summed E-state index contributed by atoms with van der Waals surface area (Å²) in [6.45, 7) is 2.02. The van der Waals surface area contributed by atoms with Gasteiger partial charge in [-0.25, -0.2) is 0 Å². The van der Waals surface area contributed by atoms with Gasteiger partial charge in [-0.3, -0.25) is 9.59 Å². The first-order valence-electron chi connectivity index (χ1n) is 5.62. The van der Waals surface area contributed by atoms with Crippen molar-refractivity contribution < 1.29 is 14.3 Å². The number of esters is 1. The number of carbonyl (C=O) groups excluding carboxylic acids is 2. The highest BCUT2D eigenvalue weighted by Crippen LogP contribution is 2.20. The van der Waals surface area contributed by atoms with Crippen molar-refractivity contribution in [2.24, 2.45) is 0 Å². The highest BCUT2D eigenvalue weighted by Gasteiger charge is 2.10. The zero-order valence-electron chi connectivity index (χ0n) is 10.1. The van der Waals surface area contributed by atoms with Crippen molar-refractivity contribution in [3.05, 3.63) is 34.9 Å². The third-order valence-electron chi connectivity index (χ3n) is 2.13. The highest BCUT2D eigenvalue weighted by molar-refractivity contribution is 7.99. The number of rotatable bonds is 7. The lowest BCUT2D eigenvalue weighted by atomic mass is 10.2. The Kier molecular flexibility index (Phi) is 6.83. The Hall–Kier alpha value is -1.00. The van der Waals surface area contributed by atoms with Crippen molar-refractivity contribution in [2.75, 3.05) is 12.4 Å². The van der Waals surface area contributed by atoms with Crippen molar-refractivity contribution in [3.63, 3.8) is 0 Å². The Morgan fingerprint density at radius 1 is 1.33 bits per heavy atom. The van der Waals surface area contributed by atoms with Gasteiger partial charge in [-0.15, -0.1) is 11.8 Å². The van der Waals surface area contributed by atoms with E-state index >= 15 is 0 Å². The number of halogens is 1. The van der Waals surface area contributed by atoms with Crippen molar-refractivity contribution in [3.8, 4) is 0 Å². The number of carbonyl (C=O) groups is 2. The number of thioether (sulfide) groups is 1. The molecule has 0 N–H and O–H groups in total. The number of hydrogen-bond donors (Lipinski definition) is 0. The van der Waals surface area contributed by atoms with Gasteiger partial charge in [-0.1, -0.05) is 29.8 Å². The molecule has 98 valence electrons. The Bertz CT molecular complexity index is 420. The van der Waals surface area contributed by atoms with Crippen LogP contribution in [0, 0.1) is 0 Å². The van der Waals surface area contributed by atoms with Crippen molar-refractivity contribution in [1.29, 1.82) is 0 Å². The molecule has 0 fully saturated rings. The van der Waals surface area contributed by atoms with Gasteiger partial charge in [0.05, 0.1) is 12.4 Å². The number of ether oxygens (including phenoxy) is 1. The third kappa shape index (κ3) is 5.56. The summed E-state index contributed by atoms with van der Waals surface area (Å²) in [5, 5.41) is 0.697. The fourth-order valence-corrected chi connectivity index (χ4v) is 2.50. The summed E-state index contributed by atoms with van der Waals surface area (Å²) in [4.78, 5) is 22.5. The van der Waals surface area contributed by atoms with E-state index in [9.17, 15) is 9.59 Å². The van der Waals surface area contributed by atoms with Crippen LogP contribution in [-0.2, 0) is 20.1 Å². The number of benzene rings is 1. The van der Waals surface area contributed by atoms with E-state index < -0.39 is 5.97 Å². The molecule has 0 saturated heterocycles. The van der Waals surface area contributed by atoms with Gasteiger partial charge < -0.3 is 4.74 Å². The summed E-state index contributed by atoms with van der Waals surface area (Å²) < 4.78 is 4.71. The fourth-order valence-electron chi connectivity index (χ4n) is 1.31. The molecule has 0 aliphatic carbocycles. The number of hydrogen-bond acceptors (Lipinski definition) is 4. The minimum Gasteiger partial charge on any atom is -0.466 e. The van der Waals surface area contributed by atoms with Crippen LogP contribution in [0.5, 0.6) is 0 Å². The average molecular weight is 287 g/mol. The first-order chi connectivity index (χ1) is 8.63. The zero-order chi connectivity index (χ0) is 13.4. The Morgan fingerprint density at radius 2 is 2.06 bits per heavy atom. The first kappa shape index (κ1) is 15.1. The van der Waals surface area contributed by atoms with Crippen molar-refractivity contribution in [1.82, 2.24) is 0 Å². The molecule has 0 bridgehead atoms. The van der Waals surface area contributed by atoms with Crippen LogP contribution < -0.4 is 0 Å². The summed E-state index contributed by atoms with van der Waals surface area (Å²) in [6.07, 6.45) is -0.149. The quantitative estimate of drug-likeness (QED) is 0.571. The van der Waals surface area contributed by atoms with Gasteiger partial charge >= 0.3 is 5.97 Å². The van der Waals surface area contributed by atoms with Gasteiger partial charge in [0.2, 0.25) is 0 Å². The Balaban J connectivity index is 2.28. The molecule has 0 atom stereocenters. The fraction of sp³-hybridized carbons (Fsp3) is 0.385. The van der Waals surface area contributed by atoms with Crippen molar-refractivity contribution in [2.45, 2.75) is 19.1 Å².